The van der Waals surface area contributed by atoms with Gasteiger partial charge in [-0.3, -0.25) is 4.98 Å². The van der Waals surface area contributed by atoms with Crippen LogP contribution in [0.2, 0.25) is 0 Å². The van der Waals surface area contributed by atoms with E-state index < -0.39 is 9.84 Å². The summed E-state index contributed by atoms with van der Waals surface area (Å²) in [7, 11) is -2.92. The Balaban J connectivity index is 1.77. The van der Waals surface area contributed by atoms with E-state index >= 15 is 0 Å². The van der Waals surface area contributed by atoms with Gasteiger partial charge in [-0.15, -0.1) is 10.2 Å². The minimum atomic E-state index is -2.92. The Morgan fingerprint density at radius 1 is 1.33 bits per heavy atom. The second-order valence-corrected chi connectivity index (χ2v) is 8.22. The van der Waals surface area contributed by atoms with Gasteiger partial charge < -0.3 is 0 Å². The summed E-state index contributed by atoms with van der Waals surface area (Å²) >= 11 is 1.40. The molecule has 7 nitrogen and oxygen atoms in total. The zero-order valence-corrected chi connectivity index (χ0v) is 12.5. The summed E-state index contributed by atoms with van der Waals surface area (Å²) in [5.74, 6) is 1.02. The zero-order valence-electron chi connectivity index (χ0n) is 10.9. The van der Waals surface area contributed by atoms with Crippen molar-refractivity contribution in [2.24, 2.45) is 0 Å². The Kier molecular flexibility index (Phi) is 2.79. The Labute approximate surface area is 124 Å². The van der Waals surface area contributed by atoms with Crippen LogP contribution in [0.1, 0.15) is 17.3 Å². The molecule has 0 amide bonds. The van der Waals surface area contributed by atoms with Crippen LogP contribution in [0.5, 0.6) is 0 Å². The van der Waals surface area contributed by atoms with Gasteiger partial charge in [0.25, 0.3) is 0 Å². The lowest BCUT2D eigenvalue weighted by molar-refractivity contribution is 0.601. The van der Waals surface area contributed by atoms with Gasteiger partial charge in [0, 0.05) is 23.9 Å². The Morgan fingerprint density at radius 2 is 2.24 bits per heavy atom. The molecule has 0 N–H and O–H groups in total. The molecule has 0 bridgehead atoms. The molecule has 1 aliphatic heterocycles. The molecule has 0 aliphatic carbocycles. The summed E-state index contributed by atoms with van der Waals surface area (Å²) in [6.07, 6.45) is 4.03. The molecule has 4 rings (SSSR count). The van der Waals surface area contributed by atoms with Crippen LogP contribution in [-0.4, -0.2) is 44.7 Å². The Hall–Kier alpha value is -1.87. The van der Waals surface area contributed by atoms with Crippen molar-refractivity contribution < 1.29 is 8.42 Å². The molecular formula is C12H11N5O2S2. The van der Waals surface area contributed by atoms with E-state index in [1.54, 1.807) is 16.9 Å². The van der Waals surface area contributed by atoms with E-state index in [0.29, 0.717) is 17.2 Å². The molecule has 0 saturated carbocycles. The number of rotatable bonds is 2. The molecule has 3 aromatic rings. The van der Waals surface area contributed by atoms with E-state index in [-0.39, 0.29) is 17.4 Å². The Morgan fingerprint density at radius 3 is 2.95 bits per heavy atom. The van der Waals surface area contributed by atoms with Crippen LogP contribution in [0, 0.1) is 0 Å². The van der Waals surface area contributed by atoms with Gasteiger partial charge in [0.2, 0.25) is 4.96 Å². The van der Waals surface area contributed by atoms with Crippen LogP contribution >= 0.6 is 11.3 Å². The van der Waals surface area contributed by atoms with Crippen LogP contribution < -0.4 is 0 Å². The molecule has 4 heterocycles. The number of sulfone groups is 1. The lowest BCUT2D eigenvalue weighted by Gasteiger charge is -2.00. The fourth-order valence-corrected chi connectivity index (χ4v) is 5.29. The van der Waals surface area contributed by atoms with E-state index in [1.807, 2.05) is 12.1 Å². The maximum Gasteiger partial charge on any atom is 0.234 e. The van der Waals surface area contributed by atoms with Crippen LogP contribution in [0.15, 0.2) is 24.5 Å². The van der Waals surface area contributed by atoms with Crippen LogP contribution in [0.3, 0.4) is 0 Å². The summed E-state index contributed by atoms with van der Waals surface area (Å²) in [6, 6.07) is 3.72. The van der Waals surface area contributed by atoms with E-state index in [2.05, 4.69) is 20.3 Å². The van der Waals surface area contributed by atoms with Gasteiger partial charge in [0.15, 0.2) is 15.7 Å². The van der Waals surface area contributed by atoms with Crippen LogP contribution in [0.4, 0.5) is 0 Å². The van der Waals surface area contributed by atoms with Gasteiger partial charge in [0.05, 0.1) is 11.5 Å². The normalized spacial score (nSPS) is 21.0. The maximum atomic E-state index is 11.6. The van der Waals surface area contributed by atoms with Gasteiger partial charge >= 0.3 is 0 Å². The summed E-state index contributed by atoms with van der Waals surface area (Å²) in [5, 5.41) is 13.6. The first-order chi connectivity index (χ1) is 10.1. The summed E-state index contributed by atoms with van der Waals surface area (Å²) in [6.45, 7) is 0. The topological polar surface area (TPSA) is 90.1 Å². The number of hydrogen-bond donors (Lipinski definition) is 0. The standard InChI is InChI=1S/C12H11N5O2S2/c18-21(19)5-3-9(7-21)11-16-17-10(14-15-12(17)20-11)8-2-1-4-13-6-8/h1-2,4,6,9H,3,5,7H2/t9-/m1/s1. The average molecular weight is 321 g/mol. The van der Waals surface area contributed by atoms with Gasteiger partial charge in [-0.1, -0.05) is 11.3 Å². The number of pyridine rings is 1. The second kappa shape index (κ2) is 4.57. The van der Waals surface area contributed by atoms with Crippen molar-refractivity contribution in [2.75, 3.05) is 11.5 Å². The number of fused-ring (bicyclic) bond motifs is 1. The molecule has 1 fully saturated rings. The third-order valence-electron chi connectivity index (χ3n) is 3.51. The van der Waals surface area contributed by atoms with Crippen LogP contribution in [0.25, 0.3) is 16.3 Å². The van der Waals surface area contributed by atoms with Crippen molar-refractivity contribution in [1.29, 1.82) is 0 Å². The first kappa shape index (κ1) is 12.8. The highest BCUT2D eigenvalue weighted by Gasteiger charge is 2.32. The SMILES string of the molecule is O=S1(=O)CC[C@@H](c2nn3c(-c4cccnc4)nnc3s2)C1. The summed E-state index contributed by atoms with van der Waals surface area (Å²) < 4.78 is 24.8. The maximum absolute atomic E-state index is 11.6. The molecular weight excluding hydrogens is 310 g/mol. The molecule has 21 heavy (non-hydrogen) atoms. The molecule has 108 valence electrons. The van der Waals surface area contributed by atoms with E-state index in [0.717, 1.165) is 10.6 Å². The van der Waals surface area contributed by atoms with Crippen LogP contribution in [-0.2, 0) is 9.84 Å². The van der Waals surface area contributed by atoms with E-state index in [1.165, 1.54) is 11.3 Å². The lowest BCUT2D eigenvalue weighted by Crippen LogP contribution is -2.04. The van der Waals surface area contributed by atoms with Gasteiger partial charge in [-0.2, -0.15) is 9.61 Å². The molecule has 9 heteroatoms. The van der Waals surface area contributed by atoms with Crippen molar-refractivity contribution in [3.05, 3.63) is 29.5 Å². The number of nitrogens with zero attached hydrogens (tertiary/aromatic N) is 5. The summed E-state index contributed by atoms with van der Waals surface area (Å²) in [5.41, 5.74) is 0.834. The Bertz CT molecular complexity index is 900. The number of hydrogen-bond acceptors (Lipinski definition) is 7. The van der Waals surface area contributed by atoms with Crippen molar-refractivity contribution in [3.63, 3.8) is 0 Å². The molecule has 0 radical (unpaired) electrons. The minimum Gasteiger partial charge on any atom is -0.264 e. The third-order valence-corrected chi connectivity index (χ3v) is 6.34. The van der Waals surface area contributed by atoms with Crippen molar-refractivity contribution in [1.82, 2.24) is 24.8 Å². The van der Waals surface area contributed by atoms with E-state index in [9.17, 15) is 8.42 Å². The van der Waals surface area contributed by atoms with Crippen molar-refractivity contribution >= 4 is 26.1 Å². The monoisotopic (exact) mass is 321 g/mol. The molecule has 1 saturated heterocycles. The predicted molar refractivity (Wildman–Crippen MR) is 77.9 cm³/mol. The quantitative estimate of drug-likeness (QED) is 0.703. The molecule has 3 aromatic heterocycles. The van der Waals surface area contributed by atoms with Crippen molar-refractivity contribution in [2.45, 2.75) is 12.3 Å². The fourth-order valence-electron chi connectivity index (χ4n) is 2.46. The van der Waals surface area contributed by atoms with Gasteiger partial charge in [-0.25, -0.2) is 8.42 Å². The predicted octanol–water partition coefficient (Wildman–Crippen LogP) is 1.15. The zero-order chi connectivity index (χ0) is 14.4. The molecule has 1 aliphatic rings. The van der Waals surface area contributed by atoms with Crippen molar-refractivity contribution in [3.8, 4) is 11.4 Å². The molecule has 1 atom stereocenters. The highest BCUT2D eigenvalue weighted by molar-refractivity contribution is 7.91. The molecule has 0 spiro atoms. The highest BCUT2D eigenvalue weighted by atomic mass is 32.2. The smallest absolute Gasteiger partial charge is 0.234 e. The van der Waals surface area contributed by atoms with Gasteiger partial charge in [-0.05, 0) is 18.6 Å². The van der Waals surface area contributed by atoms with E-state index in [4.69, 9.17) is 0 Å². The first-order valence-electron chi connectivity index (χ1n) is 6.45. The first-order valence-corrected chi connectivity index (χ1v) is 9.09. The third kappa shape index (κ3) is 2.22. The highest BCUT2D eigenvalue weighted by Crippen LogP contribution is 2.32. The van der Waals surface area contributed by atoms with Gasteiger partial charge in [0.1, 0.15) is 5.01 Å². The molecule has 0 aromatic carbocycles. The minimum absolute atomic E-state index is 0.0246. The largest absolute Gasteiger partial charge is 0.264 e. The summed E-state index contributed by atoms with van der Waals surface area (Å²) in [4.78, 5) is 4.74. The number of aromatic nitrogens is 5. The fraction of sp³-hybridized carbons (Fsp3) is 0.333. The molecule has 0 unspecified atom stereocenters. The lowest BCUT2D eigenvalue weighted by atomic mass is 10.1. The average Bonchev–Trinajstić information content (AvgIpc) is 3.12. The second-order valence-electron chi connectivity index (χ2n) is 5.00.